The number of hydrogen-bond acceptors (Lipinski definition) is 4. The van der Waals surface area contributed by atoms with E-state index in [1.54, 1.807) is 0 Å². The molecule has 0 saturated heterocycles. The minimum absolute atomic E-state index is 0.600. The van der Waals surface area contributed by atoms with Crippen molar-refractivity contribution in [3.63, 3.8) is 0 Å². The number of tetrazole rings is 1. The van der Waals surface area contributed by atoms with Crippen LogP contribution in [0.15, 0.2) is 36.4 Å². The van der Waals surface area contributed by atoms with Crippen molar-refractivity contribution in [1.82, 2.24) is 30.0 Å². The van der Waals surface area contributed by atoms with E-state index in [1.165, 1.54) is 5.56 Å². The third kappa shape index (κ3) is 2.99. The largest absolute Gasteiger partial charge is 0.270 e. The van der Waals surface area contributed by atoms with Crippen molar-refractivity contribution in [2.24, 2.45) is 0 Å². The van der Waals surface area contributed by atoms with Gasteiger partial charge in [-0.15, -0.1) is 5.10 Å². The van der Waals surface area contributed by atoms with E-state index in [9.17, 15) is 0 Å². The molecule has 3 rings (SSSR count). The Kier molecular flexibility index (Phi) is 3.77. The average molecular weight is 282 g/mol. The topological polar surface area (TPSA) is 61.4 Å². The van der Waals surface area contributed by atoms with Crippen LogP contribution in [-0.4, -0.2) is 30.0 Å². The third-order valence-corrected chi connectivity index (χ3v) is 3.45. The first-order valence-corrected chi connectivity index (χ1v) is 7.08. The van der Waals surface area contributed by atoms with Gasteiger partial charge in [-0.25, -0.2) is 4.68 Å². The van der Waals surface area contributed by atoms with Crippen LogP contribution in [0.1, 0.15) is 29.7 Å². The van der Waals surface area contributed by atoms with Gasteiger partial charge in [0.2, 0.25) is 0 Å². The maximum atomic E-state index is 4.55. The number of aromatic nitrogens is 6. The zero-order valence-electron chi connectivity index (χ0n) is 12.3. The van der Waals surface area contributed by atoms with E-state index in [0.717, 1.165) is 30.2 Å². The van der Waals surface area contributed by atoms with Gasteiger partial charge < -0.3 is 0 Å². The molecular weight excluding hydrogens is 264 g/mol. The summed E-state index contributed by atoms with van der Waals surface area (Å²) >= 11 is 0. The molecular formula is C15H18N6. The van der Waals surface area contributed by atoms with E-state index in [-0.39, 0.29) is 0 Å². The van der Waals surface area contributed by atoms with Crippen LogP contribution in [0.3, 0.4) is 0 Å². The molecule has 0 radical (unpaired) electrons. The van der Waals surface area contributed by atoms with Crippen molar-refractivity contribution in [3.8, 4) is 0 Å². The predicted molar refractivity (Wildman–Crippen MR) is 78.8 cm³/mol. The zero-order chi connectivity index (χ0) is 14.7. The molecule has 0 spiro atoms. The molecule has 108 valence electrons. The van der Waals surface area contributed by atoms with Gasteiger partial charge in [0, 0.05) is 18.7 Å². The number of rotatable bonds is 5. The van der Waals surface area contributed by atoms with Crippen LogP contribution < -0.4 is 0 Å². The van der Waals surface area contributed by atoms with Crippen LogP contribution >= 0.6 is 0 Å². The van der Waals surface area contributed by atoms with Crippen LogP contribution in [0.2, 0.25) is 0 Å². The molecule has 0 bridgehead atoms. The van der Waals surface area contributed by atoms with Gasteiger partial charge >= 0.3 is 0 Å². The highest BCUT2D eigenvalue weighted by Gasteiger charge is 2.10. The molecule has 0 saturated carbocycles. The monoisotopic (exact) mass is 282 g/mol. The highest BCUT2D eigenvalue weighted by atomic mass is 15.5. The highest BCUT2D eigenvalue weighted by molar-refractivity contribution is 5.18. The van der Waals surface area contributed by atoms with Crippen LogP contribution in [0, 0.1) is 6.92 Å². The summed E-state index contributed by atoms with van der Waals surface area (Å²) in [6.45, 7) is 5.62. The van der Waals surface area contributed by atoms with Gasteiger partial charge in [0.1, 0.15) is 0 Å². The van der Waals surface area contributed by atoms with E-state index in [4.69, 9.17) is 0 Å². The van der Waals surface area contributed by atoms with Crippen molar-refractivity contribution < 1.29 is 0 Å². The average Bonchev–Trinajstić information content (AvgIpc) is 3.07. The minimum atomic E-state index is 0.600. The summed E-state index contributed by atoms with van der Waals surface area (Å²) in [7, 11) is 0. The van der Waals surface area contributed by atoms with Gasteiger partial charge in [0.25, 0.3) is 0 Å². The number of nitrogens with zero attached hydrogens (tertiary/aromatic N) is 6. The SMILES string of the molecule is CCn1nc(Cn2nnnc2Cc2ccccc2)cc1C. The zero-order valence-corrected chi connectivity index (χ0v) is 12.3. The number of aryl methyl sites for hydroxylation is 2. The third-order valence-electron chi connectivity index (χ3n) is 3.45. The Morgan fingerprint density at radius 3 is 2.62 bits per heavy atom. The fraction of sp³-hybridized carbons (Fsp3) is 0.333. The van der Waals surface area contributed by atoms with Crippen LogP contribution in [0.25, 0.3) is 0 Å². The second-order valence-corrected chi connectivity index (χ2v) is 5.01. The standard InChI is InChI=1S/C15H18N6/c1-3-20-12(2)9-14(17-20)11-21-15(16-18-19-21)10-13-7-5-4-6-8-13/h4-9H,3,10-11H2,1-2H3. The Balaban J connectivity index is 1.79. The van der Waals surface area contributed by atoms with E-state index >= 15 is 0 Å². The maximum absolute atomic E-state index is 4.55. The molecule has 6 heteroatoms. The maximum Gasteiger partial charge on any atom is 0.156 e. The molecule has 3 aromatic rings. The molecule has 2 aromatic heterocycles. The Morgan fingerprint density at radius 2 is 1.90 bits per heavy atom. The van der Waals surface area contributed by atoms with E-state index in [0.29, 0.717) is 6.54 Å². The Hall–Kier alpha value is -2.50. The first-order valence-electron chi connectivity index (χ1n) is 7.08. The molecule has 0 fully saturated rings. The van der Waals surface area contributed by atoms with E-state index in [1.807, 2.05) is 27.6 Å². The second-order valence-electron chi connectivity index (χ2n) is 5.01. The molecule has 0 aliphatic heterocycles. The van der Waals surface area contributed by atoms with E-state index in [2.05, 4.69) is 52.7 Å². The molecule has 0 aliphatic carbocycles. The summed E-state index contributed by atoms with van der Waals surface area (Å²) < 4.78 is 3.80. The molecule has 21 heavy (non-hydrogen) atoms. The highest BCUT2D eigenvalue weighted by Crippen LogP contribution is 2.09. The van der Waals surface area contributed by atoms with Crippen molar-refractivity contribution in [2.45, 2.75) is 33.4 Å². The normalized spacial score (nSPS) is 11.0. The number of hydrogen-bond donors (Lipinski definition) is 0. The van der Waals surface area contributed by atoms with Crippen LogP contribution in [0.4, 0.5) is 0 Å². The Labute approximate surface area is 123 Å². The van der Waals surface area contributed by atoms with Gasteiger partial charge in [0.05, 0.1) is 12.2 Å². The van der Waals surface area contributed by atoms with Gasteiger partial charge in [-0.05, 0) is 35.9 Å². The summed E-state index contributed by atoms with van der Waals surface area (Å²) in [6, 6.07) is 12.3. The first-order chi connectivity index (χ1) is 10.3. The van der Waals surface area contributed by atoms with Crippen LogP contribution in [-0.2, 0) is 19.5 Å². The fourth-order valence-electron chi connectivity index (χ4n) is 2.38. The van der Waals surface area contributed by atoms with E-state index < -0.39 is 0 Å². The minimum Gasteiger partial charge on any atom is -0.270 e. The van der Waals surface area contributed by atoms with Crippen molar-refractivity contribution in [2.75, 3.05) is 0 Å². The smallest absolute Gasteiger partial charge is 0.156 e. The van der Waals surface area contributed by atoms with Gasteiger partial charge in [-0.2, -0.15) is 5.10 Å². The van der Waals surface area contributed by atoms with Gasteiger partial charge in [-0.1, -0.05) is 30.3 Å². The van der Waals surface area contributed by atoms with Crippen molar-refractivity contribution >= 4 is 0 Å². The quantitative estimate of drug-likeness (QED) is 0.716. The molecule has 0 unspecified atom stereocenters. The van der Waals surface area contributed by atoms with Crippen molar-refractivity contribution in [1.29, 1.82) is 0 Å². The molecule has 0 N–H and O–H groups in total. The molecule has 2 heterocycles. The lowest BCUT2D eigenvalue weighted by Gasteiger charge is -2.03. The lowest BCUT2D eigenvalue weighted by atomic mass is 10.1. The molecule has 6 nitrogen and oxygen atoms in total. The first kappa shape index (κ1) is 13.5. The van der Waals surface area contributed by atoms with Crippen molar-refractivity contribution in [3.05, 3.63) is 59.2 Å². The predicted octanol–water partition coefficient (Wildman–Crippen LogP) is 1.84. The molecule has 0 amide bonds. The summed E-state index contributed by atoms with van der Waals surface area (Å²) in [5, 5.41) is 16.5. The Morgan fingerprint density at radius 1 is 1.10 bits per heavy atom. The Bertz CT molecular complexity index is 713. The van der Waals surface area contributed by atoms with Gasteiger partial charge in [0.15, 0.2) is 5.82 Å². The molecule has 1 aromatic carbocycles. The second kappa shape index (κ2) is 5.87. The van der Waals surface area contributed by atoms with Gasteiger partial charge in [-0.3, -0.25) is 4.68 Å². The summed E-state index contributed by atoms with van der Waals surface area (Å²) in [6.07, 6.45) is 0.724. The van der Waals surface area contributed by atoms with Crippen LogP contribution in [0.5, 0.6) is 0 Å². The number of benzene rings is 1. The molecule has 0 aliphatic rings. The molecule has 0 atom stereocenters. The summed E-state index contributed by atoms with van der Waals surface area (Å²) in [5.41, 5.74) is 3.34. The summed E-state index contributed by atoms with van der Waals surface area (Å²) in [4.78, 5) is 0. The fourth-order valence-corrected chi connectivity index (χ4v) is 2.38. The lowest BCUT2D eigenvalue weighted by Crippen LogP contribution is -2.09. The summed E-state index contributed by atoms with van der Waals surface area (Å²) in [5.74, 6) is 0.852. The lowest BCUT2D eigenvalue weighted by molar-refractivity contribution is 0.585.